The molecule has 0 aliphatic carbocycles. The molecular weight excluding hydrogens is 402 g/mol. The molecule has 6 nitrogen and oxygen atoms in total. The summed E-state index contributed by atoms with van der Waals surface area (Å²) in [7, 11) is -0.618. The van der Waals surface area contributed by atoms with E-state index in [4.69, 9.17) is 9.47 Å². The number of hydrogen-bond acceptors (Lipinski definition) is 5. The third kappa shape index (κ3) is 6.08. The molecule has 2 aromatic rings. The molecule has 0 aliphatic heterocycles. The van der Waals surface area contributed by atoms with Crippen LogP contribution in [-0.4, -0.2) is 43.4 Å². The number of methoxy groups -OCH3 is 2. The predicted molar refractivity (Wildman–Crippen MR) is 119 cm³/mol. The van der Waals surface area contributed by atoms with Crippen molar-refractivity contribution in [1.82, 2.24) is 4.31 Å². The van der Waals surface area contributed by atoms with Crippen molar-refractivity contribution in [3.8, 4) is 11.5 Å². The Morgan fingerprint density at radius 2 is 1.40 bits per heavy atom. The standard InChI is InChI=1S/C23H31NO5S/c1-5-7-22(25)23(6-2)30(26,27)24(16-18-8-12-20(28-3)13-9-18)17-19-10-14-21(29-4)15-11-19/h5,8-15,22-23,25H,1,6-7,16-17H2,2-4H3/t22-,23+/m1/s1. The molecule has 164 valence electrons. The number of sulfonamides is 1. The summed E-state index contributed by atoms with van der Waals surface area (Å²) in [5.74, 6) is 1.41. The third-order valence-corrected chi connectivity index (χ3v) is 7.41. The van der Waals surface area contributed by atoms with E-state index in [0.717, 1.165) is 11.1 Å². The summed E-state index contributed by atoms with van der Waals surface area (Å²) in [5.41, 5.74) is 1.67. The second kappa shape index (κ2) is 11.2. The van der Waals surface area contributed by atoms with Gasteiger partial charge in [0.2, 0.25) is 10.0 Å². The van der Waals surface area contributed by atoms with Gasteiger partial charge in [-0.05, 0) is 48.2 Å². The second-order valence-corrected chi connectivity index (χ2v) is 9.20. The highest BCUT2D eigenvalue weighted by Gasteiger charge is 2.35. The molecule has 2 aromatic carbocycles. The highest BCUT2D eigenvalue weighted by atomic mass is 32.2. The van der Waals surface area contributed by atoms with Crippen molar-refractivity contribution in [1.29, 1.82) is 0 Å². The molecule has 2 rings (SSSR count). The van der Waals surface area contributed by atoms with Gasteiger partial charge in [0.15, 0.2) is 0 Å². The molecule has 0 saturated heterocycles. The van der Waals surface area contributed by atoms with Gasteiger partial charge < -0.3 is 14.6 Å². The van der Waals surface area contributed by atoms with E-state index in [2.05, 4.69) is 6.58 Å². The zero-order chi connectivity index (χ0) is 22.1. The van der Waals surface area contributed by atoms with Gasteiger partial charge in [-0.1, -0.05) is 37.3 Å². The first-order valence-corrected chi connectivity index (χ1v) is 11.4. The van der Waals surface area contributed by atoms with Gasteiger partial charge in [-0.25, -0.2) is 8.42 Å². The smallest absolute Gasteiger partial charge is 0.220 e. The Morgan fingerprint density at radius 1 is 0.967 bits per heavy atom. The number of hydrogen-bond donors (Lipinski definition) is 1. The highest BCUT2D eigenvalue weighted by Crippen LogP contribution is 2.24. The molecule has 0 fully saturated rings. The summed E-state index contributed by atoms with van der Waals surface area (Å²) in [6.45, 7) is 5.77. The Morgan fingerprint density at radius 3 is 1.73 bits per heavy atom. The molecule has 0 amide bonds. The molecule has 0 aromatic heterocycles. The third-order valence-electron chi connectivity index (χ3n) is 5.02. The fraction of sp³-hybridized carbons (Fsp3) is 0.391. The topological polar surface area (TPSA) is 76.1 Å². The van der Waals surface area contributed by atoms with E-state index >= 15 is 0 Å². The van der Waals surface area contributed by atoms with Crippen LogP contribution in [0, 0.1) is 0 Å². The van der Waals surface area contributed by atoms with Crippen molar-refractivity contribution >= 4 is 10.0 Å². The van der Waals surface area contributed by atoms with Crippen LogP contribution in [0.2, 0.25) is 0 Å². The van der Waals surface area contributed by atoms with Crippen LogP contribution in [-0.2, 0) is 23.1 Å². The quantitative estimate of drug-likeness (QED) is 0.516. The van der Waals surface area contributed by atoms with E-state index in [1.165, 1.54) is 4.31 Å². The van der Waals surface area contributed by atoms with Gasteiger partial charge in [0.05, 0.1) is 20.3 Å². The van der Waals surface area contributed by atoms with Gasteiger partial charge in [-0.15, -0.1) is 6.58 Å². The molecule has 0 heterocycles. The van der Waals surface area contributed by atoms with Gasteiger partial charge in [0, 0.05) is 13.1 Å². The van der Waals surface area contributed by atoms with Crippen LogP contribution in [0.25, 0.3) is 0 Å². The lowest BCUT2D eigenvalue weighted by Gasteiger charge is -2.29. The number of ether oxygens (including phenoxy) is 2. The fourth-order valence-corrected chi connectivity index (χ4v) is 5.27. The molecule has 0 bridgehead atoms. The van der Waals surface area contributed by atoms with Crippen molar-refractivity contribution < 1.29 is 23.0 Å². The van der Waals surface area contributed by atoms with Crippen molar-refractivity contribution in [2.75, 3.05) is 14.2 Å². The van der Waals surface area contributed by atoms with Crippen LogP contribution in [0.1, 0.15) is 30.9 Å². The molecule has 0 saturated carbocycles. The highest BCUT2D eigenvalue weighted by molar-refractivity contribution is 7.89. The van der Waals surface area contributed by atoms with Crippen molar-refractivity contribution in [3.05, 3.63) is 72.3 Å². The van der Waals surface area contributed by atoms with Crippen LogP contribution in [0.15, 0.2) is 61.2 Å². The normalized spacial score (nSPS) is 13.6. The van der Waals surface area contributed by atoms with Crippen LogP contribution >= 0.6 is 0 Å². The summed E-state index contributed by atoms with van der Waals surface area (Å²) in [5, 5.41) is 9.54. The molecule has 0 spiro atoms. The van der Waals surface area contributed by atoms with E-state index in [1.807, 2.05) is 24.3 Å². The Balaban J connectivity index is 2.37. The molecule has 2 atom stereocenters. The maximum absolute atomic E-state index is 13.5. The summed E-state index contributed by atoms with van der Waals surface area (Å²) in [6, 6.07) is 14.6. The Bertz CT molecular complexity index is 845. The first kappa shape index (κ1) is 23.9. The summed E-state index contributed by atoms with van der Waals surface area (Å²) in [6.07, 6.45) is 1.06. The van der Waals surface area contributed by atoms with E-state index in [1.54, 1.807) is 51.5 Å². The monoisotopic (exact) mass is 433 g/mol. The van der Waals surface area contributed by atoms with Gasteiger partial charge in [-0.3, -0.25) is 0 Å². The lowest BCUT2D eigenvalue weighted by atomic mass is 10.1. The van der Waals surface area contributed by atoms with Crippen LogP contribution < -0.4 is 9.47 Å². The maximum Gasteiger partial charge on any atom is 0.220 e. The lowest BCUT2D eigenvalue weighted by Crippen LogP contribution is -2.43. The van der Waals surface area contributed by atoms with E-state index in [-0.39, 0.29) is 19.5 Å². The Kier molecular flexibility index (Phi) is 8.89. The predicted octanol–water partition coefficient (Wildman–Crippen LogP) is 3.75. The number of benzene rings is 2. The number of aliphatic hydroxyl groups excluding tert-OH is 1. The first-order chi connectivity index (χ1) is 14.3. The summed E-state index contributed by atoms with van der Waals surface area (Å²) >= 11 is 0. The van der Waals surface area contributed by atoms with Crippen molar-refractivity contribution in [2.24, 2.45) is 0 Å². The van der Waals surface area contributed by atoms with E-state index < -0.39 is 21.4 Å². The molecule has 1 N–H and O–H groups in total. The largest absolute Gasteiger partial charge is 0.497 e. The molecule has 0 unspecified atom stereocenters. The van der Waals surface area contributed by atoms with Crippen LogP contribution in [0.5, 0.6) is 11.5 Å². The average molecular weight is 434 g/mol. The van der Waals surface area contributed by atoms with Crippen molar-refractivity contribution in [2.45, 2.75) is 44.2 Å². The molecule has 0 aliphatic rings. The van der Waals surface area contributed by atoms with Gasteiger partial charge in [0.1, 0.15) is 16.7 Å². The lowest BCUT2D eigenvalue weighted by molar-refractivity contribution is 0.165. The fourth-order valence-electron chi connectivity index (χ4n) is 3.30. The van der Waals surface area contributed by atoms with Crippen LogP contribution in [0.4, 0.5) is 0 Å². The van der Waals surface area contributed by atoms with E-state index in [9.17, 15) is 13.5 Å². The van der Waals surface area contributed by atoms with E-state index in [0.29, 0.717) is 17.9 Å². The number of aliphatic hydroxyl groups is 1. The SMILES string of the molecule is C=CC[C@@H](O)[C@H](CC)S(=O)(=O)N(Cc1ccc(OC)cc1)Cc1ccc(OC)cc1. The molecule has 0 radical (unpaired) electrons. The second-order valence-electron chi connectivity index (χ2n) is 7.05. The number of rotatable bonds is 12. The molecular formula is C23H31NO5S. The Labute approximate surface area is 179 Å². The first-order valence-electron chi connectivity index (χ1n) is 9.89. The number of nitrogens with zero attached hydrogens (tertiary/aromatic N) is 1. The maximum atomic E-state index is 13.5. The molecule has 7 heteroatoms. The van der Waals surface area contributed by atoms with Crippen molar-refractivity contribution in [3.63, 3.8) is 0 Å². The van der Waals surface area contributed by atoms with Gasteiger partial charge in [-0.2, -0.15) is 4.31 Å². The summed E-state index contributed by atoms with van der Waals surface area (Å²) in [4.78, 5) is 0. The Hall–Kier alpha value is -2.35. The minimum atomic E-state index is -3.79. The zero-order valence-electron chi connectivity index (χ0n) is 17.8. The van der Waals surface area contributed by atoms with Crippen LogP contribution in [0.3, 0.4) is 0 Å². The van der Waals surface area contributed by atoms with Gasteiger partial charge in [0.25, 0.3) is 0 Å². The zero-order valence-corrected chi connectivity index (χ0v) is 18.6. The minimum Gasteiger partial charge on any atom is -0.497 e. The van der Waals surface area contributed by atoms with Gasteiger partial charge >= 0.3 is 0 Å². The summed E-state index contributed by atoms with van der Waals surface area (Å²) < 4.78 is 38.8. The molecule has 30 heavy (non-hydrogen) atoms. The minimum absolute atomic E-state index is 0.190. The average Bonchev–Trinajstić information content (AvgIpc) is 2.74.